The number of carbonyl (C=O) groups excluding carboxylic acids is 1. The molecule has 2 aromatic rings. The van der Waals surface area contributed by atoms with Crippen LogP contribution in [0.15, 0.2) is 48.8 Å². The highest BCUT2D eigenvalue weighted by atomic mass is 16.1. The number of carbonyl (C=O) groups is 1. The van der Waals surface area contributed by atoms with Gasteiger partial charge in [-0.25, -0.2) is 0 Å². The lowest BCUT2D eigenvalue weighted by atomic mass is 9.94. The molecule has 1 aliphatic rings. The maximum absolute atomic E-state index is 11.9. The molecule has 23 heavy (non-hydrogen) atoms. The van der Waals surface area contributed by atoms with Gasteiger partial charge in [0.1, 0.15) is 6.54 Å². The van der Waals surface area contributed by atoms with Gasteiger partial charge in [0.05, 0.1) is 0 Å². The van der Waals surface area contributed by atoms with Gasteiger partial charge in [0.2, 0.25) is 5.91 Å². The predicted molar refractivity (Wildman–Crippen MR) is 92.4 cm³/mol. The van der Waals surface area contributed by atoms with E-state index in [4.69, 9.17) is 0 Å². The van der Waals surface area contributed by atoms with Crippen LogP contribution in [-0.2, 0) is 11.3 Å². The van der Waals surface area contributed by atoms with Crippen LogP contribution in [0.3, 0.4) is 0 Å². The Morgan fingerprint density at radius 3 is 2.78 bits per heavy atom. The maximum Gasteiger partial charge on any atom is 0.239 e. The number of hydrogen-bond donors (Lipinski definition) is 1. The first-order chi connectivity index (χ1) is 11.2. The molecule has 1 saturated heterocycles. The average Bonchev–Trinajstić information content (AvgIpc) is 3.20. The summed E-state index contributed by atoms with van der Waals surface area (Å²) in [4.78, 5) is 14.3. The van der Waals surface area contributed by atoms with Crippen molar-refractivity contribution in [3.8, 4) is 0 Å². The van der Waals surface area contributed by atoms with Crippen molar-refractivity contribution in [1.82, 2.24) is 14.8 Å². The molecule has 1 atom stereocenters. The molecule has 2 heterocycles. The van der Waals surface area contributed by atoms with Gasteiger partial charge < -0.3 is 14.8 Å². The summed E-state index contributed by atoms with van der Waals surface area (Å²) in [7, 11) is 0. The zero-order valence-electron chi connectivity index (χ0n) is 13.7. The largest absolute Gasteiger partial charge is 0.353 e. The summed E-state index contributed by atoms with van der Waals surface area (Å²) >= 11 is 0. The minimum Gasteiger partial charge on any atom is -0.353 e. The monoisotopic (exact) mass is 311 g/mol. The molecule has 1 fully saturated rings. The van der Waals surface area contributed by atoms with E-state index in [-0.39, 0.29) is 5.91 Å². The van der Waals surface area contributed by atoms with Crippen LogP contribution in [0.5, 0.6) is 0 Å². The van der Waals surface area contributed by atoms with E-state index in [0.29, 0.717) is 12.5 Å². The second-order valence-corrected chi connectivity index (χ2v) is 6.35. The third-order valence-electron chi connectivity index (χ3n) is 4.64. The van der Waals surface area contributed by atoms with Crippen molar-refractivity contribution in [3.05, 3.63) is 59.9 Å². The first-order valence-electron chi connectivity index (χ1n) is 8.38. The molecule has 4 nitrogen and oxygen atoms in total. The number of benzene rings is 1. The molecule has 0 bridgehead atoms. The Morgan fingerprint density at radius 1 is 1.22 bits per heavy atom. The van der Waals surface area contributed by atoms with E-state index in [2.05, 4.69) is 41.4 Å². The Bertz CT molecular complexity index is 636. The molecular formula is C19H25N3O. The fraction of sp³-hybridized carbons (Fsp3) is 0.421. The number of hydrogen-bond acceptors (Lipinski definition) is 2. The van der Waals surface area contributed by atoms with E-state index in [1.165, 1.54) is 17.5 Å². The zero-order valence-corrected chi connectivity index (χ0v) is 13.7. The highest BCUT2D eigenvalue weighted by Gasteiger charge is 2.24. The number of likely N-dealkylation sites (tertiary alicyclic amines) is 1. The van der Waals surface area contributed by atoms with E-state index in [1.54, 1.807) is 0 Å². The normalized spacial score (nSPS) is 18.2. The SMILES string of the molecule is Cc1ccccc1[C@H]1CCN(CCNC(=O)Cn2cccc2)C1. The van der Waals surface area contributed by atoms with Crippen LogP contribution >= 0.6 is 0 Å². The average molecular weight is 311 g/mol. The van der Waals surface area contributed by atoms with Gasteiger partial charge in [-0.1, -0.05) is 24.3 Å². The third kappa shape index (κ3) is 4.23. The Labute approximate surface area is 138 Å². The molecule has 3 rings (SSSR count). The summed E-state index contributed by atoms with van der Waals surface area (Å²) in [6.45, 7) is 6.46. The van der Waals surface area contributed by atoms with E-state index >= 15 is 0 Å². The maximum atomic E-state index is 11.9. The fourth-order valence-corrected chi connectivity index (χ4v) is 3.39. The van der Waals surface area contributed by atoms with Gasteiger partial charge in [-0.05, 0) is 49.1 Å². The van der Waals surface area contributed by atoms with Gasteiger partial charge in [0.15, 0.2) is 0 Å². The number of nitrogens with zero attached hydrogens (tertiary/aromatic N) is 2. The Hall–Kier alpha value is -2.07. The van der Waals surface area contributed by atoms with Crippen LogP contribution in [0.4, 0.5) is 0 Å². The molecule has 0 unspecified atom stereocenters. The van der Waals surface area contributed by atoms with Gasteiger partial charge in [-0.3, -0.25) is 4.79 Å². The van der Waals surface area contributed by atoms with Crippen molar-refractivity contribution >= 4 is 5.91 Å². The quantitative estimate of drug-likeness (QED) is 0.889. The van der Waals surface area contributed by atoms with Crippen LogP contribution in [0.1, 0.15) is 23.5 Å². The Morgan fingerprint density at radius 2 is 2.00 bits per heavy atom. The van der Waals surface area contributed by atoms with E-state index in [0.717, 1.165) is 26.2 Å². The number of amides is 1. The summed E-state index contributed by atoms with van der Waals surface area (Å²) in [6, 6.07) is 12.5. The third-order valence-corrected chi connectivity index (χ3v) is 4.64. The minimum atomic E-state index is 0.0795. The zero-order chi connectivity index (χ0) is 16.1. The summed E-state index contributed by atoms with van der Waals surface area (Å²) in [5.74, 6) is 0.711. The Kier molecular flexibility index (Phi) is 5.13. The number of aryl methyl sites for hydroxylation is 1. The standard InChI is InChI=1S/C19H25N3O/c1-16-6-2-3-7-18(16)17-8-12-22(14-17)13-9-20-19(23)15-21-10-4-5-11-21/h2-7,10-11,17H,8-9,12-15H2,1H3,(H,20,23)/t17-/m0/s1. The predicted octanol–water partition coefficient (Wildman–Crippen LogP) is 2.40. The topological polar surface area (TPSA) is 37.3 Å². The van der Waals surface area contributed by atoms with Crippen LogP contribution in [-0.4, -0.2) is 41.6 Å². The first-order valence-corrected chi connectivity index (χ1v) is 8.38. The first kappa shape index (κ1) is 15.8. The molecule has 122 valence electrons. The Balaban J connectivity index is 1.40. The summed E-state index contributed by atoms with van der Waals surface area (Å²) in [6.07, 6.45) is 5.03. The summed E-state index contributed by atoms with van der Waals surface area (Å²) in [5, 5.41) is 3.01. The molecule has 1 amide bonds. The molecule has 1 N–H and O–H groups in total. The van der Waals surface area contributed by atoms with Gasteiger partial charge in [0.25, 0.3) is 0 Å². The van der Waals surface area contributed by atoms with Crippen molar-refractivity contribution in [2.75, 3.05) is 26.2 Å². The highest BCUT2D eigenvalue weighted by Crippen LogP contribution is 2.28. The molecule has 0 saturated carbocycles. The lowest BCUT2D eigenvalue weighted by Gasteiger charge is -2.17. The van der Waals surface area contributed by atoms with Gasteiger partial charge in [0, 0.05) is 32.0 Å². The van der Waals surface area contributed by atoms with Crippen molar-refractivity contribution < 1.29 is 4.79 Å². The second kappa shape index (κ2) is 7.47. The summed E-state index contributed by atoms with van der Waals surface area (Å²) in [5.41, 5.74) is 2.87. The van der Waals surface area contributed by atoms with Crippen LogP contribution in [0, 0.1) is 6.92 Å². The highest BCUT2D eigenvalue weighted by molar-refractivity contribution is 5.75. The number of aromatic nitrogens is 1. The van der Waals surface area contributed by atoms with Crippen LogP contribution in [0.2, 0.25) is 0 Å². The lowest BCUT2D eigenvalue weighted by molar-refractivity contribution is -0.121. The number of rotatable bonds is 6. The minimum absolute atomic E-state index is 0.0795. The van der Waals surface area contributed by atoms with Crippen molar-refractivity contribution in [2.45, 2.75) is 25.8 Å². The molecule has 1 aromatic heterocycles. The van der Waals surface area contributed by atoms with E-state index in [9.17, 15) is 4.79 Å². The van der Waals surface area contributed by atoms with Crippen molar-refractivity contribution in [3.63, 3.8) is 0 Å². The molecule has 4 heteroatoms. The van der Waals surface area contributed by atoms with Crippen molar-refractivity contribution in [1.29, 1.82) is 0 Å². The lowest BCUT2D eigenvalue weighted by Crippen LogP contribution is -2.35. The van der Waals surface area contributed by atoms with Crippen LogP contribution in [0.25, 0.3) is 0 Å². The molecule has 0 spiro atoms. The van der Waals surface area contributed by atoms with Crippen LogP contribution < -0.4 is 5.32 Å². The molecular weight excluding hydrogens is 286 g/mol. The van der Waals surface area contributed by atoms with E-state index < -0.39 is 0 Å². The molecule has 0 radical (unpaired) electrons. The molecule has 1 aliphatic heterocycles. The van der Waals surface area contributed by atoms with Crippen molar-refractivity contribution in [2.24, 2.45) is 0 Å². The molecule has 0 aliphatic carbocycles. The fourth-order valence-electron chi connectivity index (χ4n) is 3.39. The van der Waals surface area contributed by atoms with Gasteiger partial charge in [-0.15, -0.1) is 0 Å². The number of nitrogens with one attached hydrogen (secondary N) is 1. The van der Waals surface area contributed by atoms with Gasteiger partial charge >= 0.3 is 0 Å². The van der Waals surface area contributed by atoms with Gasteiger partial charge in [-0.2, -0.15) is 0 Å². The summed E-state index contributed by atoms with van der Waals surface area (Å²) < 4.78 is 1.89. The second-order valence-electron chi connectivity index (χ2n) is 6.35. The van der Waals surface area contributed by atoms with E-state index in [1.807, 2.05) is 29.1 Å². The smallest absolute Gasteiger partial charge is 0.239 e. The molecule has 1 aromatic carbocycles.